The molecule has 48 heavy (non-hydrogen) atoms. The molecule has 2 heterocycles. The number of ether oxygens (including phenoxy) is 1. The molecule has 2 aliphatic heterocycles. The average Bonchev–Trinajstić information content (AvgIpc) is 3.14. The van der Waals surface area contributed by atoms with Crippen LogP contribution < -0.4 is 14.4 Å². The number of anilines is 1. The van der Waals surface area contributed by atoms with Gasteiger partial charge in [-0.15, -0.1) is 0 Å². The highest BCUT2D eigenvalue weighted by molar-refractivity contribution is 7.90. The van der Waals surface area contributed by atoms with Crippen molar-refractivity contribution >= 4 is 41.5 Å². The molecule has 1 amide bonds. The summed E-state index contributed by atoms with van der Waals surface area (Å²) < 4.78 is 43.0. The van der Waals surface area contributed by atoms with E-state index >= 15 is 0 Å². The molecule has 2 aromatic carbocycles. The SMILES string of the molecule is CC(C)(C)[Si](C)(C)OC[C@H]1CC/C=C/[C@H](O)[C@@H]2CC[C@H]2CN2C[C@@]3(CCCc4cc(Cl)ccc43)COc3ccc(cc32)C(=O)NS1(=O)=O. The molecule has 2 aromatic rings. The van der Waals surface area contributed by atoms with Gasteiger partial charge in [0.15, 0.2) is 8.32 Å². The van der Waals surface area contributed by atoms with Crippen LogP contribution in [0.15, 0.2) is 48.6 Å². The minimum Gasteiger partial charge on any atom is -0.490 e. The number of aliphatic hydroxyl groups excluding tert-OH is 1. The summed E-state index contributed by atoms with van der Waals surface area (Å²) in [6.07, 6.45) is 8.70. The highest BCUT2D eigenvalue weighted by Gasteiger charge is 2.45. The molecule has 4 aliphatic rings. The Morgan fingerprint density at radius 1 is 1.15 bits per heavy atom. The number of carbonyl (C=O) groups is 1. The summed E-state index contributed by atoms with van der Waals surface area (Å²) in [7, 11) is -6.35. The second-order valence-electron chi connectivity index (χ2n) is 16.0. The van der Waals surface area contributed by atoms with Gasteiger partial charge in [-0.1, -0.05) is 50.6 Å². The Morgan fingerprint density at radius 3 is 2.67 bits per heavy atom. The van der Waals surface area contributed by atoms with Crippen LogP contribution in [0, 0.1) is 11.8 Å². The predicted octanol–water partition coefficient (Wildman–Crippen LogP) is 7.00. The third-order valence-electron chi connectivity index (χ3n) is 11.8. The first kappa shape index (κ1) is 35.5. The van der Waals surface area contributed by atoms with Crippen LogP contribution in [0.1, 0.15) is 80.8 Å². The Labute approximate surface area is 292 Å². The molecular formula is C37H51ClN2O6SSi. The monoisotopic (exact) mass is 714 g/mol. The van der Waals surface area contributed by atoms with E-state index in [1.54, 1.807) is 18.2 Å². The topological polar surface area (TPSA) is 105 Å². The largest absolute Gasteiger partial charge is 0.490 e. The van der Waals surface area contributed by atoms with Crippen LogP contribution in [-0.4, -0.2) is 65.4 Å². The van der Waals surface area contributed by atoms with Crippen molar-refractivity contribution in [3.05, 3.63) is 70.3 Å². The minimum absolute atomic E-state index is 0.000767. The highest BCUT2D eigenvalue weighted by Crippen LogP contribution is 2.47. The van der Waals surface area contributed by atoms with Crippen molar-refractivity contribution in [1.29, 1.82) is 0 Å². The van der Waals surface area contributed by atoms with Crippen LogP contribution in [-0.2, 0) is 26.3 Å². The van der Waals surface area contributed by atoms with Crippen molar-refractivity contribution in [3.8, 4) is 5.75 Å². The fraction of sp³-hybridized carbons (Fsp3) is 0.595. The molecule has 1 spiro atoms. The minimum atomic E-state index is -4.09. The number of allylic oxidation sites excluding steroid dienone is 1. The lowest BCUT2D eigenvalue weighted by molar-refractivity contribution is 0.0456. The molecule has 0 unspecified atom stereocenters. The zero-order valence-electron chi connectivity index (χ0n) is 28.9. The Morgan fingerprint density at radius 2 is 1.94 bits per heavy atom. The third kappa shape index (κ3) is 7.11. The van der Waals surface area contributed by atoms with Gasteiger partial charge in [-0.25, -0.2) is 13.1 Å². The lowest BCUT2D eigenvalue weighted by Gasteiger charge is -2.45. The molecule has 5 atom stereocenters. The van der Waals surface area contributed by atoms with E-state index in [0.717, 1.165) is 42.8 Å². The number of nitrogens with one attached hydrogen (secondary N) is 1. The number of aryl methyl sites for hydroxylation is 1. The molecule has 1 fully saturated rings. The molecule has 0 radical (unpaired) electrons. The summed E-state index contributed by atoms with van der Waals surface area (Å²) >= 11 is 6.42. The number of halogens is 1. The molecule has 0 saturated heterocycles. The van der Waals surface area contributed by atoms with E-state index in [0.29, 0.717) is 31.9 Å². The van der Waals surface area contributed by atoms with Gasteiger partial charge in [-0.3, -0.25) is 4.79 Å². The molecule has 0 aromatic heterocycles. The van der Waals surface area contributed by atoms with Crippen LogP contribution in [0.3, 0.4) is 0 Å². The maximum Gasteiger partial charge on any atom is 0.264 e. The fourth-order valence-corrected chi connectivity index (χ4v) is 10.2. The second kappa shape index (κ2) is 13.4. The van der Waals surface area contributed by atoms with E-state index in [1.165, 1.54) is 11.1 Å². The highest BCUT2D eigenvalue weighted by atomic mass is 35.5. The number of benzene rings is 2. The first-order valence-corrected chi connectivity index (χ1v) is 22.3. The van der Waals surface area contributed by atoms with Crippen molar-refractivity contribution in [3.63, 3.8) is 0 Å². The number of nitrogens with zero attached hydrogens (tertiary/aromatic N) is 1. The van der Waals surface area contributed by atoms with E-state index in [-0.39, 0.29) is 40.9 Å². The number of fused-ring (bicyclic) bond motifs is 4. The summed E-state index contributed by atoms with van der Waals surface area (Å²) in [5.74, 6) is 0.372. The maximum absolute atomic E-state index is 13.8. The molecular weight excluding hydrogens is 664 g/mol. The number of carbonyl (C=O) groups excluding carboxylic acids is 1. The molecule has 2 aliphatic carbocycles. The van der Waals surface area contributed by atoms with E-state index in [2.05, 4.69) is 55.6 Å². The van der Waals surface area contributed by atoms with Crippen LogP contribution >= 0.6 is 11.6 Å². The number of hydrogen-bond donors (Lipinski definition) is 2. The number of aliphatic hydroxyl groups is 1. The molecule has 8 nitrogen and oxygen atoms in total. The average molecular weight is 715 g/mol. The first-order valence-electron chi connectivity index (χ1n) is 17.4. The third-order valence-corrected chi connectivity index (χ3v) is 18.2. The normalized spacial score (nSPS) is 29.8. The van der Waals surface area contributed by atoms with Gasteiger partial charge in [-0.2, -0.15) is 0 Å². The van der Waals surface area contributed by atoms with E-state index in [9.17, 15) is 18.3 Å². The number of sulfonamides is 1. The summed E-state index contributed by atoms with van der Waals surface area (Å²) in [5.41, 5.74) is 3.26. The molecule has 11 heteroatoms. The van der Waals surface area contributed by atoms with Gasteiger partial charge in [0, 0.05) is 29.1 Å². The van der Waals surface area contributed by atoms with Gasteiger partial charge in [0.25, 0.3) is 5.91 Å². The van der Waals surface area contributed by atoms with E-state index < -0.39 is 35.6 Å². The maximum atomic E-state index is 13.8. The molecule has 2 N–H and O–H groups in total. The Bertz CT molecular complexity index is 1670. The van der Waals surface area contributed by atoms with Gasteiger partial charge in [0.05, 0.1) is 25.0 Å². The van der Waals surface area contributed by atoms with Crippen molar-refractivity contribution < 1.29 is 27.5 Å². The number of rotatable bonds is 3. The number of amides is 1. The van der Waals surface area contributed by atoms with Crippen molar-refractivity contribution in [2.75, 3.05) is 31.2 Å². The van der Waals surface area contributed by atoms with Crippen molar-refractivity contribution in [2.24, 2.45) is 11.8 Å². The van der Waals surface area contributed by atoms with Crippen LogP contribution in [0.4, 0.5) is 5.69 Å². The predicted molar refractivity (Wildman–Crippen MR) is 194 cm³/mol. The molecule has 2 bridgehead atoms. The van der Waals surface area contributed by atoms with E-state index in [4.69, 9.17) is 20.8 Å². The Hall–Kier alpha value is -2.37. The Kier molecular flexibility index (Phi) is 9.89. The molecule has 262 valence electrons. The Balaban J connectivity index is 1.36. The second-order valence-corrected chi connectivity index (χ2v) is 23.2. The molecule has 1 saturated carbocycles. The van der Waals surface area contributed by atoms with Gasteiger partial charge < -0.3 is 19.2 Å². The zero-order chi connectivity index (χ0) is 34.5. The van der Waals surface area contributed by atoms with Crippen LogP contribution in [0.5, 0.6) is 5.75 Å². The summed E-state index contributed by atoms with van der Waals surface area (Å²) in [4.78, 5) is 16.0. The summed E-state index contributed by atoms with van der Waals surface area (Å²) in [6.45, 7) is 12.4. The lowest BCUT2D eigenvalue weighted by atomic mass is 9.68. The fourth-order valence-electron chi connectivity index (χ4n) is 7.59. The van der Waals surface area contributed by atoms with Crippen LogP contribution in [0.2, 0.25) is 23.2 Å². The number of hydrogen-bond acceptors (Lipinski definition) is 7. The first-order chi connectivity index (χ1) is 22.6. The smallest absolute Gasteiger partial charge is 0.264 e. The van der Waals surface area contributed by atoms with Gasteiger partial charge in [0.2, 0.25) is 10.0 Å². The van der Waals surface area contributed by atoms with Crippen LogP contribution in [0.25, 0.3) is 0 Å². The molecule has 6 rings (SSSR count). The van der Waals surface area contributed by atoms with E-state index in [1.807, 2.05) is 18.2 Å². The van der Waals surface area contributed by atoms with Gasteiger partial charge >= 0.3 is 0 Å². The van der Waals surface area contributed by atoms with Crippen molar-refractivity contribution in [2.45, 2.75) is 101 Å². The summed E-state index contributed by atoms with van der Waals surface area (Å²) in [6, 6.07) is 11.4. The zero-order valence-corrected chi connectivity index (χ0v) is 31.5. The lowest BCUT2D eigenvalue weighted by Crippen LogP contribution is -2.49. The summed E-state index contributed by atoms with van der Waals surface area (Å²) in [5, 5.41) is 11.0. The van der Waals surface area contributed by atoms with Gasteiger partial charge in [0.1, 0.15) is 11.0 Å². The van der Waals surface area contributed by atoms with Crippen molar-refractivity contribution in [1.82, 2.24) is 4.72 Å². The van der Waals surface area contributed by atoms with Gasteiger partial charge in [-0.05, 0) is 116 Å². The quantitative estimate of drug-likeness (QED) is 0.261. The standard InChI is InChI=1S/C37H51ClN2O6SSi/c1-36(2,3)48(4,5)46-22-29-10-6-7-11-33(41)30-15-12-27(30)21-40-23-37(18-8-9-25-19-28(38)14-16-31(25)37)24-45-34-17-13-26(20-32(34)40)35(42)39-47(29,43)44/h7,11,13-14,16-17,19-20,27,29-30,33,41H,6,8-10,12,15,18,21-24H2,1-5H3,(H,39,42)/b11-7+/t27-,29+,30+,33-,37-/m0/s1.